The highest BCUT2D eigenvalue weighted by molar-refractivity contribution is 5.39. The predicted octanol–water partition coefficient (Wildman–Crippen LogP) is 2.30. The van der Waals surface area contributed by atoms with Crippen molar-refractivity contribution in [2.45, 2.75) is 32.2 Å². The molecule has 1 aliphatic rings. The molecule has 1 atom stereocenters. The van der Waals surface area contributed by atoms with Crippen LogP contribution in [0.4, 0.5) is 0 Å². The third kappa shape index (κ3) is 2.32. The second-order valence-electron chi connectivity index (χ2n) is 4.24. The van der Waals surface area contributed by atoms with Crippen LogP contribution in [0.1, 0.15) is 24.0 Å². The van der Waals surface area contributed by atoms with Crippen LogP contribution in [0.2, 0.25) is 0 Å². The summed E-state index contributed by atoms with van der Waals surface area (Å²) in [7, 11) is 1.74. The average Bonchev–Trinajstić information content (AvgIpc) is 2.74. The molecule has 1 unspecified atom stereocenters. The first-order valence-corrected chi connectivity index (χ1v) is 5.67. The van der Waals surface area contributed by atoms with Crippen molar-refractivity contribution < 1.29 is 4.74 Å². The van der Waals surface area contributed by atoms with E-state index >= 15 is 0 Å². The molecule has 2 heteroatoms. The van der Waals surface area contributed by atoms with Gasteiger partial charge in [-0.3, -0.25) is 0 Å². The number of nitrogens with one attached hydrogen (secondary N) is 1. The number of ether oxygens (including phenoxy) is 1. The number of hydrogen-bond donors (Lipinski definition) is 1. The first-order valence-electron chi connectivity index (χ1n) is 5.67. The van der Waals surface area contributed by atoms with E-state index in [0.717, 1.165) is 12.2 Å². The summed E-state index contributed by atoms with van der Waals surface area (Å²) in [5.74, 6) is 1.01. The van der Waals surface area contributed by atoms with E-state index in [9.17, 15) is 0 Å². The monoisotopic (exact) mass is 205 g/mol. The molecule has 1 aromatic carbocycles. The second kappa shape index (κ2) is 4.67. The Morgan fingerprint density at radius 1 is 1.47 bits per heavy atom. The van der Waals surface area contributed by atoms with Crippen LogP contribution in [-0.2, 0) is 6.42 Å². The zero-order valence-electron chi connectivity index (χ0n) is 9.55. The van der Waals surface area contributed by atoms with Gasteiger partial charge in [-0.05, 0) is 49.9 Å². The maximum Gasteiger partial charge on any atom is 0.122 e. The number of methoxy groups -OCH3 is 1. The standard InChI is InChI=1S/C13H19NO/c1-10-11(5-3-7-13(10)15-2)9-12-6-4-8-14-12/h3,5,7,12,14H,4,6,8-9H2,1-2H3. The van der Waals surface area contributed by atoms with Gasteiger partial charge in [-0.2, -0.15) is 0 Å². The Kier molecular flexibility index (Phi) is 3.27. The minimum absolute atomic E-state index is 0.663. The topological polar surface area (TPSA) is 21.3 Å². The fourth-order valence-corrected chi connectivity index (χ4v) is 2.30. The van der Waals surface area contributed by atoms with E-state index in [4.69, 9.17) is 4.74 Å². The molecule has 0 radical (unpaired) electrons. The lowest BCUT2D eigenvalue weighted by atomic mass is 9.99. The van der Waals surface area contributed by atoms with Gasteiger partial charge in [-0.15, -0.1) is 0 Å². The van der Waals surface area contributed by atoms with E-state index in [-0.39, 0.29) is 0 Å². The van der Waals surface area contributed by atoms with Crippen molar-refractivity contribution in [1.29, 1.82) is 0 Å². The summed E-state index contributed by atoms with van der Waals surface area (Å²) >= 11 is 0. The van der Waals surface area contributed by atoms with Crippen LogP contribution >= 0.6 is 0 Å². The van der Waals surface area contributed by atoms with Crippen molar-refractivity contribution >= 4 is 0 Å². The second-order valence-corrected chi connectivity index (χ2v) is 4.24. The van der Waals surface area contributed by atoms with Crippen LogP contribution in [0.3, 0.4) is 0 Å². The minimum Gasteiger partial charge on any atom is -0.496 e. The van der Waals surface area contributed by atoms with Crippen LogP contribution in [0.25, 0.3) is 0 Å². The molecule has 1 saturated heterocycles. The van der Waals surface area contributed by atoms with Crippen LogP contribution in [0, 0.1) is 6.92 Å². The molecule has 0 spiro atoms. The third-order valence-electron chi connectivity index (χ3n) is 3.24. The third-order valence-corrected chi connectivity index (χ3v) is 3.24. The molecule has 1 heterocycles. The van der Waals surface area contributed by atoms with Gasteiger partial charge in [0, 0.05) is 6.04 Å². The molecule has 0 saturated carbocycles. The Morgan fingerprint density at radius 2 is 2.33 bits per heavy atom. The smallest absolute Gasteiger partial charge is 0.122 e. The summed E-state index contributed by atoms with van der Waals surface area (Å²) < 4.78 is 5.33. The van der Waals surface area contributed by atoms with Crippen molar-refractivity contribution in [2.75, 3.05) is 13.7 Å². The SMILES string of the molecule is COc1cccc(CC2CCCN2)c1C. The lowest BCUT2D eigenvalue weighted by molar-refractivity contribution is 0.410. The van der Waals surface area contributed by atoms with Gasteiger partial charge in [0.2, 0.25) is 0 Å². The highest BCUT2D eigenvalue weighted by Crippen LogP contribution is 2.23. The molecule has 15 heavy (non-hydrogen) atoms. The molecule has 2 rings (SSSR count). The highest BCUT2D eigenvalue weighted by atomic mass is 16.5. The fraction of sp³-hybridized carbons (Fsp3) is 0.538. The first-order chi connectivity index (χ1) is 7.31. The molecular formula is C13H19NO. The van der Waals surface area contributed by atoms with Gasteiger partial charge < -0.3 is 10.1 Å². The molecule has 1 aliphatic heterocycles. The molecule has 2 nitrogen and oxygen atoms in total. The molecule has 1 N–H and O–H groups in total. The van der Waals surface area contributed by atoms with Gasteiger partial charge in [0.15, 0.2) is 0 Å². The van der Waals surface area contributed by atoms with E-state index < -0.39 is 0 Å². The summed E-state index contributed by atoms with van der Waals surface area (Å²) in [6.07, 6.45) is 3.74. The summed E-state index contributed by atoms with van der Waals surface area (Å²) in [5, 5.41) is 3.53. The van der Waals surface area contributed by atoms with E-state index in [2.05, 4.69) is 24.4 Å². The Bertz CT molecular complexity index is 329. The largest absolute Gasteiger partial charge is 0.496 e. The summed E-state index contributed by atoms with van der Waals surface area (Å²) in [6.45, 7) is 3.32. The van der Waals surface area contributed by atoms with Gasteiger partial charge >= 0.3 is 0 Å². The van der Waals surface area contributed by atoms with E-state index in [0.29, 0.717) is 6.04 Å². The molecule has 1 aromatic rings. The van der Waals surface area contributed by atoms with Crippen molar-refractivity contribution in [3.05, 3.63) is 29.3 Å². The van der Waals surface area contributed by atoms with Gasteiger partial charge in [0.25, 0.3) is 0 Å². The maximum absolute atomic E-state index is 5.33. The van der Waals surface area contributed by atoms with Crippen LogP contribution < -0.4 is 10.1 Å². The Hall–Kier alpha value is -1.02. The van der Waals surface area contributed by atoms with E-state index in [1.54, 1.807) is 7.11 Å². The lowest BCUT2D eigenvalue weighted by Crippen LogP contribution is -2.23. The lowest BCUT2D eigenvalue weighted by Gasteiger charge is -2.14. The van der Waals surface area contributed by atoms with Gasteiger partial charge in [-0.25, -0.2) is 0 Å². The first kappa shape index (κ1) is 10.5. The number of rotatable bonds is 3. The zero-order valence-corrected chi connectivity index (χ0v) is 9.55. The van der Waals surface area contributed by atoms with Crippen molar-refractivity contribution in [1.82, 2.24) is 5.32 Å². The molecule has 82 valence electrons. The molecule has 0 aromatic heterocycles. The molecule has 1 fully saturated rings. The van der Waals surface area contributed by atoms with E-state index in [1.807, 2.05) is 6.07 Å². The normalized spacial score (nSPS) is 20.5. The minimum atomic E-state index is 0.663. The molecular weight excluding hydrogens is 186 g/mol. The Labute approximate surface area is 91.6 Å². The molecule has 0 bridgehead atoms. The number of benzene rings is 1. The quantitative estimate of drug-likeness (QED) is 0.817. The highest BCUT2D eigenvalue weighted by Gasteiger charge is 2.16. The maximum atomic E-state index is 5.33. The van der Waals surface area contributed by atoms with Crippen LogP contribution in [0.5, 0.6) is 5.75 Å². The van der Waals surface area contributed by atoms with Gasteiger partial charge in [0.1, 0.15) is 5.75 Å². The Balaban J connectivity index is 2.13. The van der Waals surface area contributed by atoms with E-state index in [1.165, 1.54) is 30.5 Å². The van der Waals surface area contributed by atoms with Gasteiger partial charge in [-0.1, -0.05) is 12.1 Å². The summed E-state index contributed by atoms with van der Waals surface area (Å²) in [4.78, 5) is 0. The summed E-state index contributed by atoms with van der Waals surface area (Å²) in [5.41, 5.74) is 2.70. The zero-order chi connectivity index (χ0) is 10.7. The molecule has 0 aliphatic carbocycles. The molecule has 0 amide bonds. The number of hydrogen-bond acceptors (Lipinski definition) is 2. The van der Waals surface area contributed by atoms with Crippen molar-refractivity contribution in [2.24, 2.45) is 0 Å². The van der Waals surface area contributed by atoms with Crippen LogP contribution in [0.15, 0.2) is 18.2 Å². The van der Waals surface area contributed by atoms with Crippen molar-refractivity contribution in [3.8, 4) is 5.75 Å². The van der Waals surface area contributed by atoms with Gasteiger partial charge in [0.05, 0.1) is 7.11 Å². The predicted molar refractivity (Wildman–Crippen MR) is 62.5 cm³/mol. The fourth-order valence-electron chi connectivity index (χ4n) is 2.30. The van der Waals surface area contributed by atoms with Crippen molar-refractivity contribution in [3.63, 3.8) is 0 Å². The summed E-state index contributed by atoms with van der Waals surface area (Å²) in [6, 6.07) is 6.98. The average molecular weight is 205 g/mol. The van der Waals surface area contributed by atoms with Crippen LogP contribution in [-0.4, -0.2) is 19.7 Å². The Morgan fingerprint density at radius 3 is 3.00 bits per heavy atom.